The first kappa shape index (κ1) is 16.4. The van der Waals surface area contributed by atoms with Crippen LogP contribution in [0, 0.1) is 11.2 Å². The molecule has 0 bridgehead atoms. The fourth-order valence-electron chi connectivity index (χ4n) is 3.22. The van der Waals surface area contributed by atoms with Gasteiger partial charge in [0.05, 0.1) is 11.3 Å². The minimum Gasteiger partial charge on any atom is -0.393 e. The first-order valence-corrected chi connectivity index (χ1v) is 7.96. The Bertz CT molecular complexity index is 717. The molecule has 1 amide bonds. The van der Waals surface area contributed by atoms with Gasteiger partial charge in [-0.1, -0.05) is 0 Å². The Morgan fingerprint density at radius 1 is 1.58 bits per heavy atom. The number of nitrogens with one attached hydrogen (secondary N) is 3. The lowest BCUT2D eigenvalue weighted by molar-refractivity contribution is 0.0965. The minimum absolute atomic E-state index is 0.0218. The maximum Gasteiger partial charge on any atom is 0.254 e. The molecule has 0 radical (unpaired) electrons. The third kappa shape index (κ3) is 2.73. The van der Waals surface area contributed by atoms with Gasteiger partial charge in [0, 0.05) is 56.3 Å². The number of anilines is 1. The fraction of sp³-hybridized carbons (Fsp3) is 0.438. The predicted molar refractivity (Wildman–Crippen MR) is 90.6 cm³/mol. The summed E-state index contributed by atoms with van der Waals surface area (Å²) in [7, 11) is 1.69. The molecule has 3 heterocycles. The van der Waals surface area contributed by atoms with Gasteiger partial charge in [0.2, 0.25) is 0 Å². The lowest BCUT2D eigenvalue weighted by Crippen LogP contribution is -2.43. The topological polar surface area (TPSA) is 107 Å². The lowest BCUT2D eigenvalue weighted by Gasteiger charge is -2.32. The molecule has 1 aromatic rings. The average molecular weight is 332 g/mol. The van der Waals surface area contributed by atoms with Crippen LogP contribution in [0.2, 0.25) is 0 Å². The van der Waals surface area contributed by atoms with E-state index in [0.29, 0.717) is 29.9 Å². The van der Waals surface area contributed by atoms with Crippen molar-refractivity contribution in [1.29, 1.82) is 5.41 Å². The van der Waals surface area contributed by atoms with E-state index in [1.165, 1.54) is 0 Å². The van der Waals surface area contributed by atoms with Gasteiger partial charge in [-0.2, -0.15) is 0 Å². The number of carbonyl (C=O) groups excluding carboxylic acids is 1. The van der Waals surface area contributed by atoms with E-state index < -0.39 is 5.82 Å². The number of nitrogens with zero attached hydrogens (tertiary/aromatic N) is 2. The second kappa shape index (κ2) is 6.56. The molecule has 24 heavy (non-hydrogen) atoms. The Kier molecular flexibility index (Phi) is 4.48. The van der Waals surface area contributed by atoms with Crippen LogP contribution >= 0.6 is 0 Å². The molecule has 1 saturated heterocycles. The van der Waals surface area contributed by atoms with Gasteiger partial charge < -0.3 is 26.7 Å². The van der Waals surface area contributed by atoms with Crippen LogP contribution in [0.5, 0.6) is 0 Å². The highest BCUT2D eigenvalue weighted by Crippen LogP contribution is 2.32. The van der Waals surface area contributed by atoms with Crippen molar-refractivity contribution in [3.63, 3.8) is 0 Å². The van der Waals surface area contributed by atoms with E-state index in [9.17, 15) is 9.18 Å². The summed E-state index contributed by atoms with van der Waals surface area (Å²) in [5, 5.41) is 13.1. The predicted octanol–water partition coefficient (Wildman–Crippen LogP) is 0.601. The number of fused-ring (bicyclic) bond motifs is 1. The summed E-state index contributed by atoms with van der Waals surface area (Å²) in [5.41, 5.74) is 7.27. The van der Waals surface area contributed by atoms with E-state index in [1.807, 2.05) is 4.90 Å². The molecule has 8 heteroatoms. The summed E-state index contributed by atoms with van der Waals surface area (Å²) in [5.74, 6) is -0.633. The van der Waals surface area contributed by atoms with Crippen LogP contribution in [-0.2, 0) is 6.54 Å². The maximum absolute atomic E-state index is 15.0. The van der Waals surface area contributed by atoms with Crippen molar-refractivity contribution >= 4 is 23.5 Å². The number of carbonyl (C=O) groups is 1. The monoisotopic (exact) mass is 332 g/mol. The van der Waals surface area contributed by atoms with Gasteiger partial charge in [-0.3, -0.25) is 4.79 Å². The van der Waals surface area contributed by atoms with Crippen molar-refractivity contribution in [1.82, 2.24) is 15.6 Å². The van der Waals surface area contributed by atoms with Crippen LogP contribution in [-0.4, -0.2) is 43.3 Å². The summed E-state index contributed by atoms with van der Waals surface area (Å²) in [6.07, 6.45) is 4.45. The maximum atomic E-state index is 15.0. The van der Waals surface area contributed by atoms with E-state index in [2.05, 4.69) is 15.6 Å². The SMILES string of the molecule is CN/C=C(\C=N)c1nc(N2CCCC(N)C2)c(F)c2c1C(=O)NC2. The van der Waals surface area contributed by atoms with Crippen molar-refractivity contribution in [3.05, 3.63) is 28.8 Å². The van der Waals surface area contributed by atoms with Gasteiger partial charge in [0.1, 0.15) is 0 Å². The van der Waals surface area contributed by atoms with Gasteiger partial charge >= 0.3 is 0 Å². The molecule has 7 nitrogen and oxygen atoms in total. The zero-order valence-corrected chi connectivity index (χ0v) is 13.5. The molecule has 0 aliphatic carbocycles. The number of hydrogen-bond acceptors (Lipinski definition) is 6. The smallest absolute Gasteiger partial charge is 0.254 e. The number of halogens is 1. The van der Waals surface area contributed by atoms with Gasteiger partial charge in [-0.15, -0.1) is 0 Å². The second-order valence-electron chi connectivity index (χ2n) is 6.02. The molecule has 0 spiro atoms. The molecule has 1 fully saturated rings. The Labute approximate surface area is 139 Å². The Morgan fingerprint density at radius 3 is 3.04 bits per heavy atom. The molecule has 2 aliphatic heterocycles. The molecule has 1 aromatic heterocycles. The Morgan fingerprint density at radius 2 is 2.38 bits per heavy atom. The molecular weight excluding hydrogens is 311 g/mol. The van der Waals surface area contributed by atoms with Crippen LogP contribution in [0.25, 0.3) is 5.57 Å². The van der Waals surface area contributed by atoms with E-state index in [0.717, 1.165) is 19.1 Å². The number of rotatable bonds is 4. The number of pyridine rings is 1. The summed E-state index contributed by atoms with van der Waals surface area (Å²) >= 11 is 0. The summed E-state index contributed by atoms with van der Waals surface area (Å²) in [6, 6.07) is -0.0218. The molecule has 0 saturated carbocycles. The molecule has 1 unspecified atom stereocenters. The third-order valence-corrected chi connectivity index (χ3v) is 4.36. The molecule has 1 atom stereocenters. The molecule has 0 aromatic carbocycles. The van der Waals surface area contributed by atoms with Crippen molar-refractivity contribution in [2.24, 2.45) is 5.73 Å². The Balaban J connectivity index is 2.16. The summed E-state index contributed by atoms with van der Waals surface area (Å²) in [6.45, 7) is 1.33. The van der Waals surface area contributed by atoms with E-state index in [-0.39, 0.29) is 29.9 Å². The van der Waals surface area contributed by atoms with Crippen molar-refractivity contribution < 1.29 is 9.18 Å². The highest BCUT2D eigenvalue weighted by atomic mass is 19.1. The molecule has 3 rings (SSSR count). The molecular formula is C16H21FN6O. The first-order chi connectivity index (χ1) is 11.6. The lowest BCUT2D eigenvalue weighted by atomic mass is 10.0. The van der Waals surface area contributed by atoms with Crippen LogP contribution in [0.15, 0.2) is 6.20 Å². The highest BCUT2D eigenvalue weighted by molar-refractivity contribution is 6.13. The third-order valence-electron chi connectivity index (χ3n) is 4.36. The normalized spacial score (nSPS) is 20.6. The summed E-state index contributed by atoms with van der Waals surface area (Å²) < 4.78 is 15.0. The number of nitrogens with two attached hydrogens (primary N) is 1. The second-order valence-corrected chi connectivity index (χ2v) is 6.02. The van der Waals surface area contributed by atoms with Crippen LogP contribution in [0.1, 0.15) is 34.5 Å². The van der Waals surface area contributed by atoms with Crippen molar-refractivity contribution in [2.75, 3.05) is 25.0 Å². The molecule has 5 N–H and O–H groups in total. The van der Waals surface area contributed by atoms with Gasteiger partial charge in [-0.05, 0) is 12.8 Å². The number of aromatic nitrogens is 1. The largest absolute Gasteiger partial charge is 0.393 e. The van der Waals surface area contributed by atoms with Crippen LogP contribution in [0.4, 0.5) is 10.2 Å². The fourth-order valence-corrected chi connectivity index (χ4v) is 3.22. The number of hydrogen-bond donors (Lipinski definition) is 4. The van der Waals surface area contributed by atoms with Crippen molar-refractivity contribution in [3.8, 4) is 0 Å². The zero-order chi connectivity index (χ0) is 17.3. The highest BCUT2D eigenvalue weighted by Gasteiger charge is 2.32. The molecule has 2 aliphatic rings. The van der Waals surface area contributed by atoms with Crippen molar-refractivity contribution in [2.45, 2.75) is 25.4 Å². The number of allylic oxidation sites excluding steroid dienone is 1. The standard InChI is InChI=1S/C16H21FN6O/c1-20-6-9(5-18)14-12-11(7-21-16(12)24)13(17)15(22-14)23-4-2-3-10(19)8-23/h5-6,10,18,20H,2-4,7-8,19H2,1H3,(H,21,24)/b9-6+,18-5?. The van der Waals surface area contributed by atoms with E-state index >= 15 is 0 Å². The Hall–Kier alpha value is -2.48. The number of amides is 1. The minimum atomic E-state index is -0.477. The van der Waals surface area contributed by atoms with E-state index in [1.54, 1.807) is 13.2 Å². The number of piperidine rings is 1. The zero-order valence-electron chi connectivity index (χ0n) is 13.5. The van der Waals surface area contributed by atoms with E-state index in [4.69, 9.17) is 11.1 Å². The van der Waals surface area contributed by atoms with Gasteiger partial charge in [0.25, 0.3) is 5.91 Å². The van der Waals surface area contributed by atoms with Crippen LogP contribution < -0.4 is 21.3 Å². The quantitative estimate of drug-likeness (QED) is 0.604. The molecule has 128 valence electrons. The van der Waals surface area contributed by atoms with Gasteiger partial charge in [-0.25, -0.2) is 9.37 Å². The van der Waals surface area contributed by atoms with Crippen LogP contribution in [0.3, 0.4) is 0 Å². The average Bonchev–Trinajstić information content (AvgIpc) is 2.96. The first-order valence-electron chi connectivity index (χ1n) is 7.96. The van der Waals surface area contributed by atoms with Gasteiger partial charge in [0.15, 0.2) is 11.6 Å². The summed E-state index contributed by atoms with van der Waals surface area (Å²) in [4.78, 5) is 18.4.